The molecule has 2 N–H and O–H groups in total. The number of carbonyl (C=O) groups excluding carboxylic acids is 1. The van der Waals surface area contributed by atoms with Crippen LogP contribution in [0.1, 0.15) is 31.9 Å². The average molecular weight is 275 g/mol. The topological polar surface area (TPSA) is 101 Å². The van der Waals surface area contributed by atoms with Crippen molar-refractivity contribution in [3.8, 4) is 0 Å². The summed E-state index contributed by atoms with van der Waals surface area (Å²) in [5.74, 6) is -0.441. The highest BCUT2D eigenvalue weighted by molar-refractivity contribution is 7.92. The molecule has 0 amide bonds. The fourth-order valence-electron chi connectivity index (χ4n) is 1.21. The maximum atomic E-state index is 11.6. The van der Waals surface area contributed by atoms with Gasteiger partial charge < -0.3 is 4.74 Å². The second kappa shape index (κ2) is 5.85. The number of carbonyl (C=O) groups is 1. The molecule has 0 aliphatic carbocycles. The van der Waals surface area contributed by atoms with Crippen molar-refractivity contribution in [2.75, 3.05) is 17.6 Å². The Kier molecular flexibility index (Phi) is 4.71. The number of H-pyrrole nitrogens is 1. The van der Waals surface area contributed by atoms with E-state index in [-0.39, 0.29) is 23.9 Å². The largest absolute Gasteiger partial charge is 0.469 e. The number of aromatic amines is 1. The molecule has 0 aromatic carbocycles. The Hall–Kier alpha value is -1.57. The summed E-state index contributed by atoms with van der Waals surface area (Å²) in [6.45, 7) is 3.92. The second-order valence-electron chi connectivity index (χ2n) is 4.11. The van der Waals surface area contributed by atoms with Crippen molar-refractivity contribution in [2.24, 2.45) is 0 Å². The summed E-state index contributed by atoms with van der Waals surface area (Å²) in [4.78, 5) is 10.9. The zero-order valence-corrected chi connectivity index (χ0v) is 11.4. The van der Waals surface area contributed by atoms with Crippen LogP contribution in [-0.2, 0) is 19.6 Å². The molecule has 7 nitrogen and oxygen atoms in total. The normalized spacial score (nSPS) is 11.6. The summed E-state index contributed by atoms with van der Waals surface area (Å²) in [5.41, 5.74) is 0.834. The van der Waals surface area contributed by atoms with Gasteiger partial charge in [-0.2, -0.15) is 5.10 Å². The van der Waals surface area contributed by atoms with Crippen LogP contribution in [0.5, 0.6) is 0 Å². The maximum Gasteiger partial charge on any atom is 0.306 e. The summed E-state index contributed by atoms with van der Waals surface area (Å²) in [6, 6.07) is 1.63. The molecule has 102 valence electrons. The Balaban J connectivity index is 2.61. The van der Waals surface area contributed by atoms with Crippen molar-refractivity contribution >= 4 is 21.8 Å². The lowest BCUT2D eigenvalue weighted by Gasteiger charge is -2.04. The summed E-state index contributed by atoms with van der Waals surface area (Å²) < 4.78 is 29.9. The molecule has 0 aliphatic heterocycles. The van der Waals surface area contributed by atoms with Gasteiger partial charge in [0.25, 0.3) is 0 Å². The number of rotatable bonds is 6. The van der Waals surface area contributed by atoms with E-state index in [0.717, 1.165) is 5.69 Å². The third-order valence-corrected chi connectivity index (χ3v) is 3.54. The van der Waals surface area contributed by atoms with Crippen LogP contribution in [0, 0.1) is 0 Å². The van der Waals surface area contributed by atoms with Gasteiger partial charge in [-0.25, -0.2) is 8.42 Å². The minimum absolute atomic E-state index is 0.187. The highest BCUT2D eigenvalue weighted by Gasteiger charge is 2.15. The number of ether oxygens (including phenoxy) is 1. The monoisotopic (exact) mass is 275 g/mol. The van der Waals surface area contributed by atoms with Gasteiger partial charge in [0.05, 0.1) is 19.3 Å². The molecule has 1 rings (SSSR count). The van der Waals surface area contributed by atoms with Gasteiger partial charge in [-0.15, -0.1) is 0 Å². The first kappa shape index (κ1) is 14.5. The molecule has 0 radical (unpaired) electrons. The molecule has 1 aromatic rings. The molecule has 0 spiro atoms. The highest BCUT2D eigenvalue weighted by Crippen LogP contribution is 2.15. The van der Waals surface area contributed by atoms with Crippen molar-refractivity contribution in [1.82, 2.24) is 10.2 Å². The lowest BCUT2D eigenvalue weighted by atomic mass is 10.1. The van der Waals surface area contributed by atoms with E-state index in [0.29, 0.717) is 0 Å². The number of anilines is 1. The van der Waals surface area contributed by atoms with E-state index < -0.39 is 16.0 Å². The van der Waals surface area contributed by atoms with E-state index in [2.05, 4.69) is 19.7 Å². The minimum atomic E-state index is -3.59. The van der Waals surface area contributed by atoms with Crippen LogP contribution >= 0.6 is 0 Å². The number of nitrogens with zero attached hydrogens (tertiary/aromatic N) is 1. The molecule has 0 saturated heterocycles. The second-order valence-corrected chi connectivity index (χ2v) is 5.95. The molecular formula is C10H17N3O4S. The molecular weight excluding hydrogens is 258 g/mol. The third-order valence-electron chi connectivity index (χ3n) is 2.28. The van der Waals surface area contributed by atoms with E-state index in [4.69, 9.17) is 0 Å². The van der Waals surface area contributed by atoms with Crippen LogP contribution in [-0.4, -0.2) is 37.4 Å². The minimum Gasteiger partial charge on any atom is -0.469 e. The first-order valence-electron chi connectivity index (χ1n) is 5.46. The van der Waals surface area contributed by atoms with Gasteiger partial charge in [-0.1, -0.05) is 13.8 Å². The highest BCUT2D eigenvalue weighted by atomic mass is 32.2. The van der Waals surface area contributed by atoms with Crippen molar-refractivity contribution in [2.45, 2.75) is 26.2 Å². The predicted octanol–water partition coefficient (Wildman–Crippen LogP) is 0.838. The Bertz CT molecular complexity index is 507. The molecule has 8 heteroatoms. The number of methoxy groups -OCH3 is 1. The Morgan fingerprint density at radius 3 is 2.72 bits per heavy atom. The van der Waals surface area contributed by atoms with Gasteiger partial charge in [0.1, 0.15) is 0 Å². The number of hydrogen-bond donors (Lipinski definition) is 2. The van der Waals surface area contributed by atoms with Gasteiger partial charge in [0.2, 0.25) is 10.0 Å². The predicted molar refractivity (Wildman–Crippen MR) is 66.7 cm³/mol. The van der Waals surface area contributed by atoms with Crippen molar-refractivity contribution in [3.05, 3.63) is 11.8 Å². The molecule has 1 aromatic heterocycles. The number of aromatic nitrogens is 2. The zero-order valence-electron chi connectivity index (χ0n) is 10.6. The van der Waals surface area contributed by atoms with Gasteiger partial charge in [-0.05, 0) is 5.92 Å². The number of sulfonamides is 1. The molecule has 0 unspecified atom stereocenters. The first-order chi connectivity index (χ1) is 8.34. The van der Waals surface area contributed by atoms with Crippen LogP contribution in [0.4, 0.5) is 5.82 Å². The maximum absolute atomic E-state index is 11.6. The van der Waals surface area contributed by atoms with Gasteiger partial charge in [0, 0.05) is 11.8 Å². The van der Waals surface area contributed by atoms with E-state index in [1.807, 2.05) is 13.8 Å². The van der Waals surface area contributed by atoms with Crippen LogP contribution < -0.4 is 4.72 Å². The summed E-state index contributed by atoms with van der Waals surface area (Å²) >= 11 is 0. The van der Waals surface area contributed by atoms with Gasteiger partial charge in [0.15, 0.2) is 5.82 Å². The van der Waals surface area contributed by atoms with Crippen LogP contribution in [0.2, 0.25) is 0 Å². The van der Waals surface area contributed by atoms with Crippen LogP contribution in [0.15, 0.2) is 6.07 Å². The van der Waals surface area contributed by atoms with E-state index in [1.54, 1.807) is 6.07 Å². The van der Waals surface area contributed by atoms with Crippen molar-refractivity contribution in [1.29, 1.82) is 0 Å². The zero-order chi connectivity index (χ0) is 13.8. The standard InChI is InChI=1S/C10H17N3O4S/c1-7(2)8-6-9(12-11-8)13-18(15,16)5-4-10(14)17-3/h6-7H,4-5H2,1-3H3,(H2,11,12,13). The van der Waals surface area contributed by atoms with Crippen LogP contribution in [0.25, 0.3) is 0 Å². The fraction of sp³-hybridized carbons (Fsp3) is 0.600. The molecule has 1 heterocycles. The summed E-state index contributed by atoms with van der Waals surface area (Å²) in [6.07, 6.45) is -0.187. The van der Waals surface area contributed by atoms with Crippen molar-refractivity contribution < 1.29 is 17.9 Å². The fourth-order valence-corrected chi connectivity index (χ4v) is 2.18. The Morgan fingerprint density at radius 1 is 1.56 bits per heavy atom. The lowest BCUT2D eigenvalue weighted by Crippen LogP contribution is -2.19. The van der Waals surface area contributed by atoms with E-state index >= 15 is 0 Å². The Labute approximate surface area is 106 Å². The average Bonchev–Trinajstić information content (AvgIpc) is 2.73. The molecule has 0 saturated carbocycles. The molecule has 0 atom stereocenters. The molecule has 0 aliphatic rings. The Morgan fingerprint density at radius 2 is 2.22 bits per heavy atom. The summed E-state index contributed by atoms with van der Waals surface area (Å²) in [5, 5.41) is 6.57. The smallest absolute Gasteiger partial charge is 0.306 e. The number of esters is 1. The molecule has 0 bridgehead atoms. The van der Waals surface area contributed by atoms with E-state index in [9.17, 15) is 13.2 Å². The quantitative estimate of drug-likeness (QED) is 0.749. The third kappa shape index (κ3) is 4.36. The van der Waals surface area contributed by atoms with Crippen molar-refractivity contribution in [3.63, 3.8) is 0 Å². The number of nitrogens with one attached hydrogen (secondary N) is 2. The van der Waals surface area contributed by atoms with E-state index in [1.165, 1.54) is 7.11 Å². The lowest BCUT2D eigenvalue weighted by molar-refractivity contribution is -0.140. The summed E-state index contributed by atoms with van der Waals surface area (Å²) in [7, 11) is -2.37. The van der Waals surface area contributed by atoms with Crippen LogP contribution in [0.3, 0.4) is 0 Å². The first-order valence-corrected chi connectivity index (χ1v) is 7.12. The van der Waals surface area contributed by atoms with Gasteiger partial charge in [-0.3, -0.25) is 14.6 Å². The number of hydrogen-bond acceptors (Lipinski definition) is 5. The SMILES string of the molecule is COC(=O)CCS(=O)(=O)Nc1cc(C(C)C)[nH]n1. The van der Waals surface area contributed by atoms with Gasteiger partial charge >= 0.3 is 5.97 Å². The molecule has 18 heavy (non-hydrogen) atoms. The molecule has 0 fully saturated rings.